The maximum absolute atomic E-state index is 5.98. The minimum absolute atomic E-state index is 0.0698. The van der Waals surface area contributed by atoms with Crippen LogP contribution in [0.2, 0.25) is 5.15 Å². The van der Waals surface area contributed by atoms with E-state index in [1.165, 1.54) is 6.42 Å². The highest BCUT2D eigenvalue weighted by Crippen LogP contribution is 2.35. The Hall–Kier alpha value is -0.580. The lowest BCUT2D eigenvalue weighted by atomic mass is 9.97. The molecule has 3 nitrogen and oxygen atoms in total. The van der Waals surface area contributed by atoms with Crippen molar-refractivity contribution >= 4 is 38.6 Å². The van der Waals surface area contributed by atoms with E-state index < -0.39 is 0 Å². The smallest absolute Gasteiger partial charge is 0.154 e. The van der Waals surface area contributed by atoms with Crippen molar-refractivity contribution in [3.05, 3.63) is 27.5 Å². The van der Waals surface area contributed by atoms with Crippen LogP contribution in [-0.4, -0.2) is 11.5 Å². The van der Waals surface area contributed by atoms with Gasteiger partial charge in [-0.1, -0.05) is 11.6 Å². The zero-order chi connectivity index (χ0) is 12.0. The normalized spacial score (nSPS) is 24.6. The first-order chi connectivity index (χ1) is 8.08. The van der Waals surface area contributed by atoms with E-state index in [-0.39, 0.29) is 5.54 Å². The first-order valence-corrected chi connectivity index (χ1v) is 6.77. The molecule has 90 valence electrons. The Morgan fingerprint density at radius 2 is 2.35 bits per heavy atom. The monoisotopic (exact) mass is 314 g/mol. The van der Waals surface area contributed by atoms with E-state index in [2.05, 4.69) is 33.2 Å². The summed E-state index contributed by atoms with van der Waals surface area (Å²) in [7, 11) is 0. The predicted molar refractivity (Wildman–Crippen MR) is 71.3 cm³/mol. The molecule has 2 aromatic heterocycles. The van der Waals surface area contributed by atoms with Crippen LogP contribution in [0.1, 0.15) is 25.5 Å². The van der Waals surface area contributed by atoms with Crippen LogP contribution in [0.15, 0.2) is 21.0 Å². The number of aromatic nitrogens is 1. The Labute approximate surface area is 113 Å². The fourth-order valence-corrected chi connectivity index (χ4v) is 2.74. The summed E-state index contributed by atoms with van der Waals surface area (Å²) in [6, 6.07) is 3.85. The van der Waals surface area contributed by atoms with Gasteiger partial charge in [0.25, 0.3) is 0 Å². The summed E-state index contributed by atoms with van der Waals surface area (Å²) in [6.07, 6.45) is 2.26. The predicted octanol–water partition coefficient (Wildman–Crippen LogP) is 3.84. The standard InChI is InChI=1S/C12H12BrClN2O/c1-12(3-2-4-15-12)10-6-8-9(17-10)5-7(13)11(14)16-8/h5-6,15H,2-4H2,1H3/t12-/m1/s1. The molecule has 3 heterocycles. The van der Waals surface area contributed by atoms with Gasteiger partial charge in [0.15, 0.2) is 5.58 Å². The highest BCUT2D eigenvalue weighted by Gasteiger charge is 2.33. The minimum atomic E-state index is -0.0698. The largest absolute Gasteiger partial charge is 0.457 e. The molecular formula is C12H12BrClN2O. The van der Waals surface area contributed by atoms with E-state index in [0.717, 1.165) is 34.3 Å². The van der Waals surface area contributed by atoms with Gasteiger partial charge in [-0.15, -0.1) is 0 Å². The Kier molecular flexibility index (Phi) is 2.69. The molecule has 17 heavy (non-hydrogen) atoms. The van der Waals surface area contributed by atoms with Crippen LogP contribution < -0.4 is 5.32 Å². The lowest BCUT2D eigenvalue weighted by molar-refractivity contribution is 0.346. The topological polar surface area (TPSA) is 38.1 Å². The van der Waals surface area contributed by atoms with E-state index in [1.807, 2.05) is 12.1 Å². The maximum atomic E-state index is 5.98. The molecule has 1 saturated heterocycles. The first-order valence-electron chi connectivity index (χ1n) is 5.60. The molecule has 0 radical (unpaired) electrons. The number of rotatable bonds is 1. The number of furan rings is 1. The second-order valence-electron chi connectivity index (χ2n) is 4.62. The van der Waals surface area contributed by atoms with Gasteiger partial charge in [-0.2, -0.15) is 0 Å². The van der Waals surface area contributed by atoms with Gasteiger partial charge in [-0.05, 0) is 42.2 Å². The molecule has 0 aromatic carbocycles. The molecule has 1 N–H and O–H groups in total. The fraction of sp³-hybridized carbons (Fsp3) is 0.417. The van der Waals surface area contributed by atoms with Crippen molar-refractivity contribution in [1.29, 1.82) is 0 Å². The van der Waals surface area contributed by atoms with Crippen molar-refractivity contribution in [3.8, 4) is 0 Å². The third kappa shape index (κ3) is 1.88. The number of pyridine rings is 1. The Balaban J connectivity index is 2.13. The fourth-order valence-electron chi connectivity index (χ4n) is 2.30. The Bertz CT molecular complexity index is 536. The van der Waals surface area contributed by atoms with Gasteiger partial charge in [-0.3, -0.25) is 0 Å². The zero-order valence-electron chi connectivity index (χ0n) is 9.39. The lowest BCUT2D eigenvalue weighted by Crippen LogP contribution is -2.32. The second-order valence-corrected chi connectivity index (χ2v) is 5.83. The van der Waals surface area contributed by atoms with Crippen LogP contribution >= 0.6 is 27.5 Å². The number of hydrogen-bond donors (Lipinski definition) is 1. The molecule has 0 amide bonds. The summed E-state index contributed by atoms with van der Waals surface area (Å²) in [5.74, 6) is 0.937. The van der Waals surface area contributed by atoms with E-state index in [0.29, 0.717) is 5.15 Å². The van der Waals surface area contributed by atoms with Gasteiger partial charge in [0.05, 0.1) is 10.0 Å². The van der Waals surface area contributed by atoms with Crippen LogP contribution in [0, 0.1) is 0 Å². The minimum Gasteiger partial charge on any atom is -0.457 e. The molecule has 1 aliphatic heterocycles. The van der Waals surface area contributed by atoms with Crippen LogP contribution in [0.4, 0.5) is 0 Å². The van der Waals surface area contributed by atoms with Gasteiger partial charge in [0.2, 0.25) is 0 Å². The van der Waals surface area contributed by atoms with Crippen molar-refractivity contribution in [1.82, 2.24) is 10.3 Å². The van der Waals surface area contributed by atoms with Gasteiger partial charge in [0.1, 0.15) is 16.4 Å². The van der Waals surface area contributed by atoms with Crippen LogP contribution in [0.5, 0.6) is 0 Å². The third-order valence-electron chi connectivity index (χ3n) is 3.33. The van der Waals surface area contributed by atoms with Crippen molar-refractivity contribution < 1.29 is 4.42 Å². The lowest BCUT2D eigenvalue weighted by Gasteiger charge is -2.20. The number of fused-ring (bicyclic) bond motifs is 1. The van der Waals surface area contributed by atoms with E-state index >= 15 is 0 Å². The molecule has 1 fully saturated rings. The highest BCUT2D eigenvalue weighted by molar-refractivity contribution is 9.10. The molecule has 0 aliphatic carbocycles. The van der Waals surface area contributed by atoms with Crippen molar-refractivity contribution in [2.45, 2.75) is 25.3 Å². The number of nitrogens with one attached hydrogen (secondary N) is 1. The van der Waals surface area contributed by atoms with Gasteiger partial charge < -0.3 is 9.73 Å². The van der Waals surface area contributed by atoms with Gasteiger partial charge >= 0.3 is 0 Å². The zero-order valence-corrected chi connectivity index (χ0v) is 11.7. The molecule has 0 bridgehead atoms. The number of hydrogen-bond acceptors (Lipinski definition) is 3. The number of nitrogens with zero attached hydrogens (tertiary/aromatic N) is 1. The summed E-state index contributed by atoms with van der Waals surface area (Å²) < 4.78 is 6.64. The van der Waals surface area contributed by atoms with E-state index in [1.54, 1.807) is 0 Å². The highest BCUT2D eigenvalue weighted by atomic mass is 79.9. The van der Waals surface area contributed by atoms with Crippen LogP contribution in [0.25, 0.3) is 11.1 Å². The summed E-state index contributed by atoms with van der Waals surface area (Å²) in [5, 5.41) is 3.94. The van der Waals surface area contributed by atoms with Crippen LogP contribution in [-0.2, 0) is 5.54 Å². The van der Waals surface area contributed by atoms with E-state index in [9.17, 15) is 0 Å². The Morgan fingerprint density at radius 1 is 1.53 bits per heavy atom. The van der Waals surface area contributed by atoms with Crippen LogP contribution in [0.3, 0.4) is 0 Å². The molecule has 0 saturated carbocycles. The summed E-state index contributed by atoms with van der Waals surface area (Å²) >= 11 is 9.33. The van der Waals surface area contributed by atoms with Gasteiger partial charge in [-0.25, -0.2) is 4.98 Å². The van der Waals surface area contributed by atoms with Crippen molar-refractivity contribution in [3.63, 3.8) is 0 Å². The Morgan fingerprint density at radius 3 is 3.06 bits per heavy atom. The molecule has 1 atom stereocenters. The van der Waals surface area contributed by atoms with Crippen molar-refractivity contribution in [2.24, 2.45) is 0 Å². The average Bonchev–Trinajstić information content (AvgIpc) is 2.87. The third-order valence-corrected chi connectivity index (χ3v) is 4.45. The summed E-state index contributed by atoms with van der Waals surface area (Å²) in [4.78, 5) is 4.30. The quantitative estimate of drug-likeness (QED) is 0.813. The number of halogens is 2. The summed E-state index contributed by atoms with van der Waals surface area (Å²) in [6.45, 7) is 3.19. The van der Waals surface area contributed by atoms with Gasteiger partial charge in [0, 0.05) is 12.1 Å². The van der Waals surface area contributed by atoms with E-state index in [4.69, 9.17) is 16.0 Å². The molecular weight excluding hydrogens is 304 g/mol. The molecule has 1 aliphatic rings. The second kappa shape index (κ2) is 3.97. The molecule has 2 aromatic rings. The average molecular weight is 316 g/mol. The first kappa shape index (κ1) is 11.5. The molecule has 5 heteroatoms. The van der Waals surface area contributed by atoms with Crippen molar-refractivity contribution in [2.75, 3.05) is 6.54 Å². The summed E-state index contributed by atoms with van der Waals surface area (Å²) in [5.41, 5.74) is 1.51. The maximum Gasteiger partial charge on any atom is 0.154 e. The molecule has 0 unspecified atom stereocenters. The SMILES string of the molecule is C[C@]1(c2cc3nc(Cl)c(Br)cc3o2)CCCN1. The molecule has 3 rings (SSSR count). The molecule has 0 spiro atoms.